The SMILES string of the molecule is O=C(CCCCCNC(=O)COc1cccc2c1C(=O)N(C1CCC(=O)NC1=O)C2=O)NCCCC(=O)N1CCN(C(=O)c2cc(Cc3n[nH]c(=O)c4ccccc34)ccc2F)CC1. The van der Waals surface area contributed by atoms with Crippen LogP contribution in [0.1, 0.15) is 93.7 Å². The third kappa shape index (κ3) is 10.3. The van der Waals surface area contributed by atoms with Gasteiger partial charge in [0.25, 0.3) is 29.2 Å². The van der Waals surface area contributed by atoms with Crippen molar-refractivity contribution >= 4 is 58.0 Å². The van der Waals surface area contributed by atoms with Crippen LogP contribution in [0.15, 0.2) is 65.5 Å². The Morgan fingerprint density at radius 3 is 2.30 bits per heavy atom. The van der Waals surface area contributed by atoms with Crippen LogP contribution in [0.5, 0.6) is 5.75 Å². The van der Waals surface area contributed by atoms with Gasteiger partial charge in [-0.3, -0.25) is 53.4 Å². The molecule has 64 heavy (non-hydrogen) atoms. The van der Waals surface area contributed by atoms with Crippen LogP contribution in [0.2, 0.25) is 0 Å². The summed E-state index contributed by atoms with van der Waals surface area (Å²) < 4.78 is 20.5. The van der Waals surface area contributed by atoms with Gasteiger partial charge in [0.1, 0.15) is 17.6 Å². The standard InChI is InChI=1S/C45H47FN8O10/c46-32-15-14-27(25-33-28-8-3-4-9-29(28)41(59)51-50-33)24-31(32)43(61)53-22-20-52(21-23-53)39(58)13-7-19-47-36(55)12-2-1-5-18-48-38(57)26-64-35-11-6-10-30-40(35)45(63)54(44(30)62)34-16-17-37(56)49-42(34)60/h3-4,6,8-11,14-15,24,34H,1-2,5,7,12-13,16-23,25-26H2,(H,47,55)(H,48,57)(H,51,59)(H,49,56,60). The number of imide groups is 2. The molecule has 334 valence electrons. The first kappa shape index (κ1) is 44.7. The third-order valence-electron chi connectivity index (χ3n) is 11.4. The monoisotopic (exact) mass is 878 g/mol. The second-order valence-corrected chi connectivity index (χ2v) is 15.7. The molecule has 7 rings (SSSR count). The number of aromatic nitrogens is 2. The fraction of sp³-hybridized carbons (Fsp3) is 0.378. The minimum atomic E-state index is -1.12. The number of hydrogen-bond acceptors (Lipinski definition) is 11. The topological polar surface area (TPSA) is 237 Å². The zero-order valence-electron chi connectivity index (χ0n) is 34.9. The highest BCUT2D eigenvalue weighted by atomic mass is 19.1. The normalized spacial score (nSPS) is 16.1. The number of benzene rings is 3. The molecule has 3 aromatic carbocycles. The molecule has 0 bridgehead atoms. The molecule has 3 aliphatic heterocycles. The van der Waals surface area contributed by atoms with Crippen LogP contribution >= 0.6 is 0 Å². The van der Waals surface area contributed by atoms with Crippen molar-refractivity contribution in [3.8, 4) is 5.75 Å². The molecular formula is C45H47FN8O10. The zero-order valence-corrected chi connectivity index (χ0v) is 34.9. The largest absolute Gasteiger partial charge is 0.483 e. The van der Waals surface area contributed by atoms with Gasteiger partial charge in [-0.05, 0) is 61.6 Å². The Morgan fingerprint density at radius 1 is 0.781 bits per heavy atom. The number of H-pyrrole nitrogens is 1. The molecule has 0 spiro atoms. The highest BCUT2D eigenvalue weighted by molar-refractivity contribution is 6.24. The van der Waals surface area contributed by atoms with E-state index in [-0.39, 0.29) is 85.0 Å². The molecule has 1 atom stereocenters. The fourth-order valence-electron chi connectivity index (χ4n) is 8.00. The van der Waals surface area contributed by atoms with E-state index in [9.17, 15) is 47.5 Å². The number of rotatable bonds is 17. The summed E-state index contributed by atoms with van der Waals surface area (Å²) in [7, 11) is 0. The summed E-state index contributed by atoms with van der Waals surface area (Å²) in [5, 5.41) is 15.5. The van der Waals surface area contributed by atoms with Gasteiger partial charge in [-0.25, -0.2) is 9.49 Å². The van der Waals surface area contributed by atoms with Crippen LogP contribution < -0.4 is 26.2 Å². The highest BCUT2D eigenvalue weighted by Gasteiger charge is 2.46. The first-order valence-corrected chi connectivity index (χ1v) is 21.2. The summed E-state index contributed by atoms with van der Waals surface area (Å²) in [4.78, 5) is 117. The van der Waals surface area contributed by atoms with Crippen molar-refractivity contribution in [3.63, 3.8) is 0 Å². The van der Waals surface area contributed by atoms with Gasteiger partial charge in [0.05, 0.1) is 27.8 Å². The van der Waals surface area contributed by atoms with Gasteiger partial charge < -0.3 is 25.2 Å². The van der Waals surface area contributed by atoms with Crippen LogP contribution in [-0.4, -0.2) is 124 Å². The molecule has 2 saturated heterocycles. The van der Waals surface area contributed by atoms with Gasteiger partial charge in [0.15, 0.2) is 6.61 Å². The lowest BCUT2D eigenvalue weighted by molar-refractivity contribution is -0.136. The van der Waals surface area contributed by atoms with Crippen molar-refractivity contribution in [1.82, 2.24) is 40.8 Å². The number of halogens is 1. The van der Waals surface area contributed by atoms with Crippen LogP contribution in [0, 0.1) is 5.82 Å². The lowest BCUT2D eigenvalue weighted by Gasteiger charge is -2.35. The van der Waals surface area contributed by atoms with Crippen molar-refractivity contribution in [1.29, 1.82) is 0 Å². The quantitative estimate of drug-likeness (QED) is 0.0884. The van der Waals surface area contributed by atoms with E-state index in [1.54, 1.807) is 35.2 Å². The predicted octanol–water partition coefficient (Wildman–Crippen LogP) is 1.99. The number of nitrogens with zero attached hydrogens (tertiary/aromatic N) is 4. The van der Waals surface area contributed by atoms with Crippen molar-refractivity contribution in [2.75, 3.05) is 45.9 Å². The number of ether oxygens (including phenoxy) is 1. The lowest BCUT2D eigenvalue weighted by Crippen LogP contribution is -2.54. The van der Waals surface area contributed by atoms with Crippen molar-refractivity contribution in [2.24, 2.45) is 0 Å². The Balaban J connectivity index is 0.743. The van der Waals surface area contributed by atoms with Gasteiger partial charge >= 0.3 is 0 Å². The molecular weight excluding hydrogens is 832 g/mol. The van der Waals surface area contributed by atoms with E-state index in [0.717, 1.165) is 4.90 Å². The molecule has 4 aromatic rings. The molecule has 0 radical (unpaired) electrons. The maximum absolute atomic E-state index is 14.9. The molecule has 2 fully saturated rings. The molecule has 4 N–H and O–H groups in total. The first-order chi connectivity index (χ1) is 30.9. The van der Waals surface area contributed by atoms with E-state index in [1.807, 2.05) is 0 Å². The smallest absolute Gasteiger partial charge is 0.272 e. The average molecular weight is 879 g/mol. The molecule has 1 aromatic heterocycles. The number of aromatic amines is 1. The number of fused-ring (bicyclic) bond motifs is 2. The maximum Gasteiger partial charge on any atom is 0.272 e. The second kappa shape index (κ2) is 20.3. The zero-order chi connectivity index (χ0) is 45.3. The maximum atomic E-state index is 14.9. The number of piperidine rings is 1. The number of carbonyl (C=O) groups is 8. The van der Waals surface area contributed by atoms with Crippen molar-refractivity contribution in [3.05, 3.63) is 105 Å². The van der Waals surface area contributed by atoms with Gasteiger partial charge in [-0.1, -0.05) is 36.8 Å². The Hall–Kier alpha value is -7.31. The van der Waals surface area contributed by atoms with Crippen LogP contribution in [-0.2, 0) is 30.4 Å². The van der Waals surface area contributed by atoms with E-state index in [1.165, 1.54) is 35.2 Å². The second-order valence-electron chi connectivity index (χ2n) is 15.7. The lowest BCUT2D eigenvalue weighted by atomic mass is 10.0. The Labute approximate surface area is 365 Å². The average Bonchev–Trinajstić information content (AvgIpc) is 3.55. The molecule has 4 heterocycles. The first-order valence-electron chi connectivity index (χ1n) is 21.2. The van der Waals surface area contributed by atoms with Crippen molar-refractivity contribution < 1.29 is 47.5 Å². The van der Waals surface area contributed by atoms with Gasteiger partial charge in [-0.2, -0.15) is 5.10 Å². The number of carbonyl (C=O) groups excluding carboxylic acids is 8. The summed E-state index contributed by atoms with van der Waals surface area (Å²) >= 11 is 0. The van der Waals surface area contributed by atoms with Crippen LogP contribution in [0.25, 0.3) is 10.8 Å². The van der Waals surface area contributed by atoms with Crippen LogP contribution in [0.4, 0.5) is 4.39 Å². The van der Waals surface area contributed by atoms with Gasteiger partial charge in [0.2, 0.25) is 23.6 Å². The Morgan fingerprint density at radius 2 is 1.52 bits per heavy atom. The molecule has 1 unspecified atom stereocenters. The summed E-state index contributed by atoms with van der Waals surface area (Å²) in [5.74, 6) is -4.44. The van der Waals surface area contributed by atoms with Crippen LogP contribution in [0.3, 0.4) is 0 Å². The molecule has 0 aliphatic carbocycles. The summed E-state index contributed by atoms with van der Waals surface area (Å²) in [6.07, 6.45) is 3.02. The Kier molecular flexibility index (Phi) is 14.2. The van der Waals surface area contributed by atoms with E-state index in [0.29, 0.717) is 73.9 Å². The molecule has 18 nitrogen and oxygen atoms in total. The van der Waals surface area contributed by atoms with Gasteiger partial charge in [0, 0.05) is 70.3 Å². The van der Waals surface area contributed by atoms with E-state index in [2.05, 4.69) is 26.1 Å². The number of nitrogens with one attached hydrogen (secondary N) is 4. The summed E-state index contributed by atoms with van der Waals surface area (Å²) in [6.45, 7) is 1.29. The predicted molar refractivity (Wildman–Crippen MR) is 226 cm³/mol. The fourth-order valence-corrected chi connectivity index (χ4v) is 8.00. The Bertz CT molecular complexity index is 2570. The molecule has 3 aliphatic rings. The number of unbranched alkanes of at least 4 members (excludes halogenated alkanes) is 2. The summed E-state index contributed by atoms with van der Waals surface area (Å²) in [5.41, 5.74) is 0.850. The van der Waals surface area contributed by atoms with Gasteiger partial charge in [-0.15, -0.1) is 0 Å². The number of piperazine rings is 1. The molecule has 19 heteroatoms. The van der Waals surface area contributed by atoms with Crippen molar-refractivity contribution in [2.45, 2.75) is 63.8 Å². The molecule has 8 amide bonds. The van der Waals surface area contributed by atoms with E-state index >= 15 is 0 Å². The van der Waals surface area contributed by atoms with E-state index in [4.69, 9.17) is 4.74 Å². The molecule has 0 saturated carbocycles. The number of amides is 8. The highest BCUT2D eigenvalue weighted by Crippen LogP contribution is 2.33. The minimum absolute atomic E-state index is 0.00957. The third-order valence-corrected chi connectivity index (χ3v) is 11.4. The van der Waals surface area contributed by atoms with E-state index < -0.39 is 53.9 Å². The summed E-state index contributed by atoms with van der Waals surface area (Å²) in [6, 6.07) is 14.6. The number of hydrogen-bond donors (Lipinski definition) is 4. The minimum Gasteiger partial charge on any atom is -0.483 e.